The third-order valence-corrected chi connectivity index (χ3v) is 3.58. The number of hydrogen-bond donors (Lipinski definition) is 3. The van der Waals surface area contributed by atoms with Gasteiger partial charge in [0.25, 0.3) is 5.91 Å². The maximum absolute atomic E-state index is 12.2. The molecule has 0 radical (unpaired) electrons. The highest BCUT2D eigenvalue weighted by Gasteiger charge is 2.25. The lowest BCUT2D eigenvalue weighted by molar-refractivity contribution is -0.140. The van der Waals surface area contributed by atoms with Crippen LogP contribution in [0.15, 0.2) is 18.2 Å². The summed E-state index contributed by atoms with van der Waals surface area (Å²) in [5.74, 6) is -1.57. The van der Waals surface area contributed by atoms with Gasteiger partial charge in [-0.3, -0.25) is 14.5 Å². The quantitative estimate of drug-likeness (QED) is 0.714. The van der Waals surface area contributed by atoms with Gasteiger partial charge < -0.3 is 20.5 Å². The highest BCUT2D eigenvalue weighted by molar-refractivity contribution is 6.00. The molecule has 1 aromatic carbocycles. The summed E-state index contributed by atoms with van der Waals surface area (Å²) in [5, 5.41) is 14.1. The molecule has 8 heteroatoms. The number of carboxylic acids is 1. The summed E-state index contributed by atoms with van der Waals surface area (Å²) in [5.41, 5.74) is 0.833. The van der Waals surface area contributed by atoms with Crippen LogP contribution in [-0.2, 0) is 4.79 Å². The highest BCUT2D eigenvalue weighted by Crippen LogP contribution is 2.30. The Hall–Kier alpha value is -2.77. The van der Waals surface area contributed by atoms with E-state index in [0.717, 1.165) is 0 Å². The highest BCUT2D eigenvalue weighted by atomic mass is 16.5. The molecule has 0 aliphatic carbocycles. The van der Waals surface area contributed by atoms with E-state index < -0.39 is 17.8 Å². The van der Waals surface area contributed by atoms with Crippen molar-refractivity contribution in [1.82, 2.24) is 10.6 Å². The molecule has 1 aliphatic rings. The van der Waals surface area contributed by atoms with Crippen LogP contribution in [0.3, 0.4) is 0 Å². The van der Waals surface area contributed by atoms with Crippen LogP contribution in [0.2, 0.25) is 0 Å². The SMILES string of the molecule is COc1ccc(C(=O)NCC(C)C(=O)O)cc1N1CCNC1=O. The minimum atomic E-state index is -0.977. The maximum Gasteiger partial charge on any atom is 0.322 e. The lowest BCUT2D eigenvalue weighted by atomic mass is 10.1. The van der Waals surface area contributed by atoms with Crippen molar-refractivity contribution in [3.8, 4) is 5.75 Å². The predicted octanol–water partition coefficient (Wildman–Crippen LogP) is 0.675. The van der Waals surface area contributed by atoms with Crippen LogP contribution in [-0.4, -0.2) is 49.8 Å². The Bertz CT molecular complexity index is 632. The second kappa shape index (κ2) is 6.99. The Morgan fingerprint density at radius 2 is 2.22 bits per heavy atom. The summed E-state index contributed by atoms with van der Waals surface area (Å²) in [6, 6.07) is 4.48. The van der Waals surface area contributed by atoms with Crippen LogP contribution < -0.4 is 20.3 Å². The van der Waals surface area contributed by atoms with Crippen LogP contribution in [0.4, 0.5) is 10.5 Å². The number of hydrogen-bond acceptors (Lipinski definition) is 4. The zero-order valence-electron chi connectivity index (χ0n) is 13.0. The molecule has 1 heterocycles. The number of nitrogens with one attached hydrogen (secondary N) is 2. The van der Waals surface area contributed by atoms with Crippen molar-refractivity contribution in [1.29, 1.82) is 0 Å². The number of carboxylic acid groups (broad SMARTS) is 1. The van der Waals surface area contributed by atoms with E-state index in [0.29, 0.717) is 30.1 Å². The molecule has 0 spiro atoms. The molecule has 1 aliphatic heterocycles. The predicted molar refractivity (Wildman–Crippen MR) is 82.9 cm³/mol. The second-order valence-corrected chi connectivity index (χ2v) is 5.22. The average molecular weight is 321 g/mol. The van der Waals surface area contributed by atoms with Crippen molar-refractivity contribution < 1.29 is 24.2 Å². The van der Waals surface area contributed by atoms with E-state index >= 15 is 0 Å². The number of urea groups is 1. The van der Waals surface area contributed by atoms with Crippen molar-refractivity contribution in [3.05, 3.63) is 23.8 Å². The van der Waals surface area contributed by atoms with E-state index in [1.165, 1.54) is 18.9 Å². The topological polar surface area (TPSA) is 108 Å². The van der Waals surface area contributed by atoms with Crippen molar-refractivity contribution in [2.24, 2.45) is 5.92 Å². The number of carbonyl (C=O) groups is 3. The smallest absolute Gasteiger partial charge is 0.322 e. The number of ether oxygens (including phenoxy) is 1. The molecule has 124 valence electrons. The second-order valence-electron chi connectivity index (χ2n) is 5.22. The Labute approximate surface area is 133 Å². The summed E-state index contributed by atoms with van der Waals surface area (Å²) in [4.78, 5) is 36.2. The van der Waals surface area contributed by atoms with Gasteiger partial charge in [-0.15, -0.1) is 0 Å². The summed E-state index contributed by atoms with van der Waals surface area (Å²) in [6.07, 6.45) is 0. The van der Waals surface area contributed by atoms with Gasteiger partial charge in [-0.1, -0.05) is 6.92 Å². The van der Waals surface area contributed by atoms with Crippen LogP contribution in [0.1, 0.15) is 17.3 Å². The first-order valence-electron chi connectivity index (χ1n) is 7.18. The fourth-order valence-electron chi connectivity index (χ4n) is 2.18. The minimum absolute atomic E-state index is 0.0275. The third kappa shape index (κ3) is 3.71. The molecular formula is C15H19N3O5. The molecule has 23 heavy (non-hydrogen) atoms. The van der Waals surface area contributed by atoms with Gasteiger partial charge in [0.05, 0.1) is 18.7 Å². The zero-order chi connectivity index (χ0) is 17.0. The van der Waals surface area contributed by atoms with Crippen molar-refractivity contribution in [2.75, 3.05) is 31.6 Å². The Morgan fingerprint density at radius 1 is 1.48 bits per heavy atom. The van der Waals surface area contributed by atoms with Gasteiger partial charge in [0.2, 0.25) is 0 Å². The van der Waals surface area contributed by atoms with Gasteiger partial charge in [-0.2, -0.15) is 0 Å². The molecule has 0 saturated carbocycles. The average Bonchev–Trinajstić information content (AvgIpc) is 2.97. The molecule has 2 rings (SSSR count). The zero-order valence-corrected chi connectivity index (χ0v) is 13.0. The lowest BCUT2D eigenvalue weighted by Crippen LogP contribution is -2.32. The standard InChI is InChI=1S/C15H19N3O5/c1-9(14(20)21)8-17-13(19)10-3-4-12(23-2)11(7-10)18-6-5-16-15(18)22/h3-4,7,9H,5-6,8H2,1-2H3,(H,16,22)(H,17,19)(H,20,21). The molecule has 1 unspecified atom stereocenters. The summed E-state index contributed by atoms with van der Waals surface area (Å²) < 4.78 is 5.24. The summed E-state index contributed by atoms with van der Waals surface area (Å²) >= 11 is 0. The Morgan fingerprint density at radius 3 is 2.78 bits per heavy atom. The van der Waals surface area contributed by atoms with Gasteiger partial charge in [0.1, 0.15) is 5.75 Å². The molecule has 0 bridgehead atoms. The summed E-state index contributed by atoms with van der Waals surface area (Å²) in [6.45, 7) is 2.54. The molecule has 3 N–H and O–H groups in total. The van der Waals surface area contributed by atoms with Crippen LogP contribution >= 0.6 is 0 Å². The number of anilines is 1. The number of nitrogens with zero attached hydrogens (tertiary/aromatic N) is 1. The molecule has 0 aromatic heterocycles. The fraction of sp³-hybridized carbons (Fsp3) is 0.400. The monoisotopic (exact) mass is 321 g/mol. The van der Waals surface area contributed by atoms with Gasteiger partial charge in [0, 0.05) is 25.2 Å². The molecule has 8 nitrogen and oxygen atoms in total. The third-order valence-electron chi connectivity index (χ3n) is 3.58. The molecule has 1 aromatic rings. The van der Waals surface area contributed by atoms with Gasteiger partial charge in [-0.05, 0) is 18.2 Å². The van der Waals surface area contributed by atoms with Crippen LogP contribution in [0, 0.1) is 5.92 Å². The number of benzene rings is 1. The van der Waals surface area contributed by atoms with Gasteiger partial charge in [0.15, 0.2) is 0 Å². The maximum atomic E-state index is 12.2. The van der Waals surface area contributed by atoms with Crippen LogP contribution in [0.25, 0.3) is 0 Å². The number of aliphatic carboxylic acids is 1. The van der Waals surface area contributed by atoms with E-state index in [1.54, 1.807) is 18.2 Å². The van der Waals surface area contributed by atoms with Crippen molar-refractivity contribution >= 4 is 23.6 Å². The summed E-state index contributed by atoms with van der Waals surface area (Å²) in [7, 11) is 1.49. The first-order valence-corrected chi connectivity index (χ1v) is 7.18. The number of methoxy groups -OCH3 is 1. The van der Waals surface area contributed by atoms with Crippen molar-refractivity contribution in [3.63, 3.8) is 0 Å². The van der Waals surface area contributed by atoms with E-state index in [4.69, 9.17) is 9.84 Å². The fourth-order valence-corrected chi connectivity index (χ4v) is 2.18. The number of amides is 3. The first-order chi connectivity index (χ1) is 10.9. The largest absolute Gasteiger partial charge is 0.495 e. The van der Waals surface area contributed by atoms with E-state index in [9.17, 15) is 14.4 Å². The Balaban J connectivity index is 2.18. The normalized spacial score (nSPS) is 15.0. The van der Waals surface area contributed by atoms with E-state index in [1.807, 2.05) is 0 Å². The van der Waals surface area contributed by atoms with Crippen molar-refractivity contribution in [2.45, 2.75) is 6.92 Å². The Kier molecular flexibility index (Phi) is 5.05. The lowest BCUT2D eigenvalue weighted by Gasteiger charge is -2.18. The molecule has 1 saturated heterocycles. The number of carbonyl (C=O) groups excluding carboxylic acids is 2. The number of rotatable bonds is 6. The minimum Gasteiger partial charge on any atom is -0.495 e. The molecule has 3 amide bonds. The van der Waals surface area contributed by atoms with E-state index in [-0.39, 0.29) is 12.6 Å². The molecule has 1 fully saturated rings. The molecular weight excluding hydrogens is 302 g/mol. The first kappa shape index (κ1) is 16.6. The van der Waals surface area contributed by atoms with E-state index in [2.05, 4.69) is 10.6 Å². The molecule has 1 atom stereocenters. The van der Waals surface area contributed by atoms with Gasteiger partial charge >= 0.3 is 12.0 Å². The van der Waals surface area contributed by atoms with Crippen LogP contribution in [0.5, 0.6) is 5.75 Å². The van der Waals surface area contributed by atoms with Gasteiger partial charge in [-0.25, -0.2) is 4.79 Å².